The summed E-state index contributed by atoms with van der Waals surface area (Å²) in [4.78, 5) is 26.5. The van der Waals surface area contributed by atoms with E-state index in [1.807, 2.05) is 5.32 Å². The predicted octanol–water partition coefficient (Wildman–Crippen LogP) is 0.713. The van der Waals surface area contributed by atoms with Crippen LogP contribution < -0.4 is 14.8 Å². The monoisotopic (exact) mass is 405 g/mol. The van der Waals surface area contributed by atoms with Crippen LogP contribution in [0.2, 0.25) is 0 Å². The van der Waals surface area contributed by atoms with Gasteiger partial charge in [0.2, 0.25) is 0 Å². The summed E-state index contributed by atoms with van der Waals surface area (Å²) in [5.41, 5.74) is -0.288. The highest BCUT2D eigenvalue weighted by molar-refractivity contribution is 7.90. The molecule has 2 N–H and O–H groups in total. The van der Waals surface area contributed by atoms with Crippen LogP contribution in [0.5, 0.6) is 6.01 Å². The molecule has 0 unspecified atom stereocenters. The third-order valence-electron chi connectivity index (χ3n) is 2.95. The van der Waals surface area contributed by atoms with Crippen LogP contribution >= 0.6 is 0 Å². The van der Waals surface area contributed by atoms with Crippen molar-refractivity contribution in [3.05, 3.63) is 29.8 Å². The lowest BCUT2D eigenvalue weighted by atomic mass is 10.2. The molecule has 0 aliphatic rings. The zero-order chi connectivity index (χ0) is 20.2. The molecule has 2 aromatic rings. The molecule has 2 amide bonds. The highest BCUT2D eigenvalue weighted by atomic mass is 32.2. The molecule has 146 valence electrons. The normalized spacial score (nSPS) is 11.1. The molecule has 1 aromatic carbocycles. The Hall–Kier alpha value is -3.29. The number of halogens is 2. The first-order valence-corrected chi connectivity index (χ1v) is 8.49. The molecule has 0 fully saturated rings. The number of methoxy groups -OCH3 is 1. The van der Waals surface area contributed by atoms with Gasteiger partial charge >= 0.3 is 24.6 Å². The van der Waals surface area contributed by atoms with Crippen molar-refractivity contribution in [1.82, 2.24) is 19.5 Å². The molecule has 0 radical (unpaired) electrons. The zero-order valence-corrected chi connectivity index (χ0v) is 14.7. The second-order valence-corrected chi connectivity index (χ2v) is 6.42. The lowest BCUT2D eigenvalue weighted by Crippen LogP contribution is -2.35. The van der Waals surface area contributed by atoms with E-state index in [1.54, 1.807) is 4.72 Å². The number of urea groups is 1. The third kappa shape index (κ3) is 4.87. The second-order valence-electron chi connectivity index (χ2n) is 4.77. The number of nitrogens with zero attached hydrogens (tertiary/aromatic N) is 3. The van der Waals surface area contributed by atoms with Crippen molar-refractivity contribution in [3.8, 4) is 6.01 Å². The van der Waals surface area contributed by atoms with Crippen LogP contribution in [-0.4, -0.2) is 48.9 Å². The Bertz CT molecular complexity index is 962. The number of ether oxygens (including phenoxy) is 2. The van der Waals surface area contributed by atoms with Gasteiger partial charge in [0.1, 0.15) is 4.90 Å². The number of esters is 1. The van der Waals surface area contributed by atoms with Gasteiger partial charge in [-0.05, 0) is 12.1 Å². The summed E-state index contributed by atoms with van der Waals surface area (Å²) in [6, 6.07) is 3.16. The minimum absolute atomic E-state index is 0.288. The summed E-state index contributed by atoms with van der Waals surface area (Å²) in [5, 5.41) is 5.52. The molecular weight excluding hydrogens is 392 g/mol. The Morgan fingerprint density at radius 3 is 2.56 bits per heavy atom. The Balaban J connectivity index is 2.17. The first-order valence-electron chi connectivity index (χ1n) is 7.01. The molecule has 27 heavy (non-hydrogen) atoms. The minimum Gasteiger partial charge on any atom is -0.465 e. The summed E-state index contributed by atoms with van der Waals surface area (Å²) in [7, 11) is -2.18. The Morgan fingerprint density at radius 2 is 1.93 bits per heavy atom. The van der Waals surface area contributed by atoms with Gasteiger partial charge in [0.25, 0.3) is 16.0 Å². The van der Waals surface area contributed by atoms with Crippen LogP contribution in [0.4, 0.5) is 19.5 Å². The molecule has 11 nitrogen and oxygen atoms in total. The van der Waals surface area contributed by atoms with Gasteiger partial charge in [-0.2, -0.15) is 13.8 Å². The lowest BCUT2D eigenvalue weighted by Gasteiger charge is -2.10. The summed E-state index contributed by atoms with van der Waals surface area (Å²) in [6.45, 7) is -3.16. The summed E-state index contributed by atoms with van der Waals surface area (Å²) in [6.07, 6.45) is 0. The second kappa shape index (κ2) is 7.94. The smallest absolute Gasteiger partial charge is 0.389 e. The fourth-order valence-electron chi connectivity index (χ4n) is 1.89. The van der Waals surface area contributed by atoms with E-state index in [0.717, 1.165) is 17.9 Å². The number of aryl methyl sites for hydroxylation is 1. The fourth-order valence-corrected chi connectivity index (χ4v) is 2.99. The number of carbonyl (C=O) groups is 2. The van der Waals surface area contributed by atoms with Crippen molar-refractivity contribution in [2.24, 2.45) is 7.05 Å². The topological polar surface area (TPSA) is 142 Å². The maximum absolute atomic E-state index is 12.3. The number of sulfonamides is 1. The van der Waals surface area contributed by atoms with E-state index in [2.05, 4.69) is 19.6 Å². The molecule has 14 heteroatoms. The predicted molar refractivity (Wildman–Crippen MR) is 84.8 cm³/mol. The van der Waals surface area contributed by atoms with Crippen molar-refractivity contribution < 1.29 is 36.3 Å². The van der Waals surface area contributed by atoms with Gasteiger partial charge in [0.05, 0.1) is 12.7 Å². The van der Waals surface area contributed by atoms with Crippen LogP contribution in [0.1, 0.15) is 10.4 Å². The molecule has 0 spiro atoms. The van der Waals surface area contributed by atoms with E-state index in [1.165, 1.54) is 25.2 Å². The van der Waals surface area contributed by atoms with Crippen LogP contribution in [0, 0.1) is 0 Å². The Labute approximate surface area is 151 Å². The average molecular weight is 405 g/mol. The highest BCUT2D eigenvalue weighted by Crippen LogP contribution is 2.17. The maximum Gasteiger partial charge on any atom is 0.389 e. The fraction of sp³-hybridized carbons (Fsp3) is 0.231. The first kappa shape index (κ1) is 20.0. The molecule has 0 aliphatic heterocycles. The molecule has 0 atom stereocenters. The number of carbonyl (C=O) groups excluding carboxylic acids is 2. The average Bonchev–Trinajstić information content (AvgIpc) is 2.91. The van der Waals surface area contributed by atoms with E-state index in [0.29, 0.717) is 0 Å². The number of hydrogen-bond acceptors (Lipinski definition) is 8. The quantitative estimate of drug-likeness (QED) is 0.670. The molecule has 0 bridgehead atoms. The SMILES string of the molecule is COC(=O)c1ccccc1S(=O)(=O)NC(=O)Nc1nc(OC(F)F)n(C)n1. The van der Waals surface area contributed by atoms with E-state index in [-0.39, 0.29) is 5.56 Å². The van der Waals surface area contributed by atoms with Gasteiger partial charge in [-0.15, -0.1) is 5.10 Å². The van der Waals surface area contributed by atoms with Gasteiger partial charge < -0.3 is 9.47 Å². The van der Waals surface area contributed by atoms with Gasteiger partial charge in [-0.25, -0.2) is 27.4 Å². The van der Waals surface area contributed by atoms with Crippen molar-refractivity contribution in [1.29, 1.82) is 0 Å². The molecular formula is C13H13F2N5O6S. The number of benzene rings is 1. The number of nitrogens with one attached hydrogen (secondary N) is 2. The first-order chi connectivity index (χ1) is 12.6. The number of hydrogen-bond donors (Lipinski definition) is 2. The molecule has 1 aromatic heterocycles. The van der Waals surface area contributed by atoms with Crippen LogP contribution in [0.25, 0.3) is 0 Å². The van der Waals surface area contributed by atoms with E-state index < -0.39 is 45.5 Å². The van der Waals surface area contributed by atoms with E-state index in [4.69, 9.17) is 0 Å². The molecule has 0 saturated heterocycles. The van der Waals surface area contributed by atoms with Gasteiger partial charge in [0, 0.05) is 7.05 Å². The number of aromatic nitrogens is 3. The molecule has 2 rings (SSSR count). The molecule has 1 heterocycles. The molecule has 0 saturated carbocycles. The van der Waals surface area contributed by atoms with Crippen molar-refractivity contribution in [2.75, 3.05) is 12.4 Å². The molecule has 0 aliphatic carbocycles. The van der Waals surface area contributed by atoms with Crippen LogP contribution in [0.3, 0.4) is 0 Å². The standard InChI is InChI=1S/C13H13F2N5O6S/c1-20-13(26-10(14)15)17-11(18-20)16-12(22)19-27(23,24)8-6-4-3-5-7(8)9(21)25-2/h3-6,10H,1-2H3,(H2,16,18,19,22). The summed E-state index contributed by atoms with van der Waals surface area (Å²) in [5.74, 6) is -1.40. The number of rotatable bonds is 6. The van der Waals surface area contributed by atoms with Gasteiger partial charge in [0.15, 0.2) is 0 Å². The Morgan fingerprint density at radius 1 is 1.26 bits per heavy atom. The van der Waals surface area contributed by atoms with Crippen molar-refractivity contribution in [3.63, 3.8) is 0 Å². The van der Waals surface area contributed by atoms with E-state index >= 15 is 0 Å². The van der Waals surface area contributed by atoms with Crippen molar-refractivity contribution in [2.45, 2.75) is 11.5 Å². The van der Waals surface area contributed by atoms with Crippen LogP contribution in [0.15, 0.2) is 29.2 Å². The number of alkyl halides is 2. The van der Waals surface area contributed by atoms with Crippen LogP contribution in [-0.2, 0) is 21.8 Å². The highest BCUT2D eigenvalue weighted by Gasteiger charge is 2.25. The van der Waals surface area contributed by atoms with Gasteiger partial charge in [-0.3, -0.25) is 5.32 Å². The third-order valence-corrected chi connectivity index (χ3v) is 4.34. The van der Waals surface area contributed by atoms with E-state index in [9.17, 15) is 26.8 Å². The maximum atomic E-state index is 12.3. The van der Waals surface area contributed by atoms with Crippen molar-refractivity contribution >= 4 is 28.0 Å². The number of amides is 2. The number of anilines is 1. The summed E-state index contributed by atoms with van der Waals surface area (Å²) < 4.78 is 60.1. The summed E-state index contributed by atoms with van der Waals surface area (Å²) >= 11 is 0. The lowest BCUT2D eigenvalue weighted by molar-refractivity contribution is -0.0583. The zero-order valence-electron chi connectivity index (χ0n) is 13.8. The largest absolute Gasteiger partial charge is 0.465 e. The minimum atomic E-state index is -4.46. The van der Waals surface area contributed by atoms with Gasteiger partial charge in [-0.1, -0.05) is 12.1 Å². The Kier molecular flexibility index (Phi) is 5.89.